The van der Waals surface area contributed by atoms with Gasteiger partial charge in [0, 0.05) is 17.9 Å². The molecule has 16 heavy (non-hydrogen) atoms. The number of amides is 1. The normalized spacial score (nSPS) is 11.2. The highest BCUT2D eigenvalue weighted by Crippen LogP contribution is 2.03. The fraction of sp³-hybridized carbons (Fsp3) is 0.900. The van der Waals surface area contributed by atoms with Crippen LogP contribution in [0.4, 0.5) is 8.78 Å². The Morgan fingerprint density at radius 1 is 1.44 bits per heavy atom. The highest BCUT2D eigenvalue weighted by atomic mass is 79.9. The zero-order valence-electron chi connectivity index (χ0n) is 9.59. The molecule has 0 unspecified atom stereocenters. The van der Waals surface area contributed by atoms with E-state index in [0.29, 0.717) is 11.9 Å². The standard InChI is InChI=1S/C10H18BrF2NO2/c1-8(2)14(5-4-11)10(15)3-6-16-7-9(12)13/h8-9H,3-7H2,1-2H3. The lowest BCUT2D eigenvalue weighted by Crippen LogP contribution is -2.38. The van der Waals surface area contributed by atoms with Gasteiger partial charge >= 0.3 is 0 Å². The van der Waals surface area contributed by atoms with E-state index in [0.717, 1.165) is 0 Å². The van der Waals surface area contributed by atoms with Crippen molar-refractivity contribution in [2.24, 2.45) is 0 Å². The molecule has 3 nitrogen and oxygen atoms in total. The summed E-state index contributed by atoms with van der Waals surface area (Å²) < 4.78 is 28.1. The van der Waals surface area contributed by atoms with Crippen molar-refractivity contribution in [2.75, 3.05) is 25.1 Å². The molecule has 6 heteroatoms. The highest BCUT2D eigenvalue weighted by molar-refractivity contribution is 9.09. The van der Waals surface area contributed by atoms with E-state index in [1.165, 1.54) is 0 Å². The Hall–Kier alpha value is -0.230. The van der Waals surface area contributed by atoms with Crippen molar-refractivity contribution in [1.82, 2.24) is 4.90 Å². The second-order valence-corrected chi connectivity index (χ2v) is 4.38. The second kappa shape index (κ2) is 8.87. The van der Waals surface area contributed by atoms with Crippen LogP contribution in [0, 0.1) is 0 Å². The van der Waals surface area contributed by atoms with Crippen molar-refractivity contribution in [3.05, 3.63) is 0 Å². The number of carbonyl (C=O) groups excluding carboxylic acids is 1. The maximum Gasteiger partial charge on any atom is 0.261 e. The molecule has 0 aliphatic rings. The fourth-order valence-electron chi connectivity index (χ4n) is 1.24. The molecule has 0 bridgehead atoms. The third-order valence-electron chi connectivity index (χ3n) is 1.97. The number of halogens is 3. The molecule has 0 fully saturated rings. The highest BCUT2D eigenvalue weighted by Gasteiger charge is 2.15. The minimum atomic E-state index is -2.47. The minimum Gasteiger partial charge on any atom is -0.375 e. The molecule has 0 rings (SSSR count). The van der Waals surface area contributed by atoms with Gasteiger partial charge in [0.1, 0.15) is 6.61 Å². The first kappa shape index (κ1) is 15.8. The fourth-order valence-corrected chi connectivity index (χ4v) is 1.62. The van der Waals surface area contributed by atoms with Crippen molar-refractivity contribution in [2.45, 2.75) is 32.7 Å². The average molecular weight is 302 g/mol. The van der Waals surface area contributed by atoms with Gasteiger partial charge < -0.3 is 9.64 Å². The van der Waals surface area contributed by atoms with E-state index < -0.39 is 13.0 Å². The summed E-state index contributed by atoms with van der Waals surface area (Å²) in [4.78, 5) is 13.4. The van der Waals surface area contributed by atoms with E-state index in [-0.39, 0.29) is 25.0 Å². The maximum atomic E-state index is 11.7. The van der Waals surface area contributed by atoms with Crippen LogP contribution in [0.2, 0.25) is 0 Å². The average Bonchev–Trinajstić information content (AvgIpc) is 2.19. The molecule has 0 saturated carbocycles. The Morgan fingerprint density at radius 2 is 2.06 bits per heavy atom. The van der Waals surface area contributed by atoms with Crippen LogP contribution >= 0.6 is 15.9 Å². The quantitative estimate of drug-likeness (QED) is 0.508. The van der Waals surface area contributed by atoms with E-state index in [1.54, 1.807) is 4.90 Å². The Kier molecular flexibility index (Phi) is 8.74. The number of nitrogens with zero attached hydrogens (tertiary/aromatic N) is 1. The molecule has 0 aromatic rings. The summed E-state index contributed by atoms with van der Waals surface area (Å²) in [6, 6.07) is 0.111. The van der Waals surface area contributed by atoms with Crippen molar-refractivity contribution in [3.63, 3.8) is 0 Å². The lowest BCUT2D eigenvalue weighted by atomic mass is 10.3. The van der Waals surface area contributed by atoms with Crippen LogP contribution in [0.5, 0.6) is 0 Å². The topological polar surface area (TPSA) is 29.5 Å². The Morgan fingerprint density at radius 3 is 2.50 bits per heavy atom. The van der Waals surface area contributed by atoms with Gasteiger partial charge in [-0.15, -0.1) is 0 Å². The summed E-state index contributed by atoms with van der Waals surface area (Å²) in [5.41, 5.74) is 0. The van der Waals surface area contributed by atoms with Gasteiger partial charge in [-0.2, -0.15) is 0 Å². The van der Waals surface area contributed by atoms with Gasteiger partial charge in [-0.1, -0.05) is 15.9 Å². The molecule has 0 aromatic carbocycles. The van der Waals surface area contributed by atoms with Crippen LogP contribution in [0.1, 0.15) is 20.3 Å². The van der Waals surface area contributed by atoms with Crippen molar-refractivity contribution in [1.29, 1.82) is 0 Å². The lowest BCUT2D eigenvalue weighted by molar-refractivity contribution is -0.134. The molecular formula is C10H18BrF2NO2. The summed E-state index contributed by atoms with van der Waals surface area (Å²) in [6.45, 7) is 3.90. The van der Waals surface area contributed by atoms with E-state index in [1.807, 2.05) is 13.8 Å². The first-order valence-corrected chi connectivity index (χ1v) is 6.32. The van der Waals surface area contributed by atoms with Gasteiger partial charge in [-0.3, -0.25) is 4.79 Å². The molecule has 1 amide bonds. The predicted molar refractivity (Wildman–Crippen MR) is 62.1 cm³/mol. The lowest BCUT2D eigenvalue weighted by Gasteiger charge is -2.26. The van der Waals surface area contributed by atoms with E-state index >= 15 is 0 Å². The molecular weight excluding hydrogens is 284 g/mol. The number of hydrogen-bond donors (Lipinski definition) is 0. The summed E-state index contributed by atoms with van der Waals surface area (Å²) in [5, 5.41) is 0.703. The van der Waals surface area contributed by atoms with Gasteiger partial charge in [0.15, 0.2) is 0 Å². The third-order valence-corrected chi connectivity index (χ3v) is 2.33. The second-order valence-electron chi connectivity index (χ2n) is 3.59. The summed E-state index contributed by atoms with van der Waals surface area (Å²) >= 11 is 3.26. The molecule has 0 N–H and O–H groups in total. The molecule has 0 spiro atoms. The van der Waals surface area contributed by atoms with E-state index in [9.17, 15) is 13.6 Å². The number of hydrogen-bond acceptors (Lipinski definition) is 2. The molecule has 96 valence electrons. The molecule has 0 aliphatic heterocycles. The van der Waals surface area contributed by atoms with E-state index in [2.05, 4.69) is 20.7 Å². The number of rotatable bonds is 8. The van der Waals surface area contributed by atoms with Gasteiger partial charge in [0.2, 0.25) is 5.91 Å². The van der Waals surface area contributed by atoms with Crippen LogP contribution in [-0.2, 0) is 9.53 Å². The van der Waals surface area contributed by atoms with Crippen LogP contribution in [0.25, 0.3) is 0 Å². The zero-order valence-corrected chi connectivity index (χ0v) is 11.2. The number of ether oxygens (including phenoxy) is 1. The predicted octanol–water partition coefficient (Wildman–Crippen LogP) is 2.29. The summed E-state index contributed by atoms with van der Waals surface area (Å²) in [6.07, 6.45) is -2.32. The van der Waals surface area contributed by atoms with E-state index in [4.69, 9.17) is 0 Å². The minimum absolute atomic E-state index is 0.0503. The van der Waals surface area contributed by atoms with Gasteiger partial charge in [0.25, 0.3) is 6.43 Å². The van der Waals surface area contributed by atoms with Gasteiger partial charge in [0.05, 0.1) is 13.0 Å². The SMILES string of the molecule is CC(C)N(CCBr)C(=O)CCOCC(F)F. The molecule has 0 heterocycles. The summed E-state index contributed by atoms with van der Waals surface area (Å²) in [5.74, 6) is -0.0660. The maximum absolute atomic E-state index is 11.7. The van der Waals surface area contributed by atoms with Crippen LogP contribution < -0.4 is 0 Å². The van der Waals surface area contributed by atoms with Crippen molar-refractivity contribution in [3.8, 4) is 0 Å². The van der Waals surface area contributed by atoms with Crippen LogP contribution in [0.3, 0.4) is 0 Å². The van der Waals surface area contributed by atoms with Gasteiger partial charge in [-0.05, 0) is 13.8 Å². The molecule has 0 atom stereocenters. The Balaban J connectivity index is 3.83. The molecule has 0 aliphatic carbocycles. The Labute approximate surface area is 103 Å². The smallest absolute Gasteiger partial charge is 0.261 e. The first-order valence-electron chi connectivity index (χ1n) is 5.20. The van der Waals surface area contributed by atoms with Crippen molar-refractivity contribution < 1.29 is 18.3 Å². The monoisotopic (exact) mass is 301 g/mol. The van der Waals surface area contributed by atoms with Crippen molar-refractivity contribution >= 4 is 21.8 Å². The van der Waals surface area contributed by atoms with Crippen LogP contribution in [-0.4, -0.2) is 48.4 Å². The number of carbonyl (C=O) groups is 1. The molecule has 0 radical (unpaired) electrons. The third kappa shape index (κ3) is 7.11. The van der Waals surface area contributed by atoms with Gasteiger partial charge in [-0.25, -0.2) is 8.78 Å². The first-order chi connectivity index (χ1) is 7.49. The number of alkyl halides is 3. The summed E-state index contributed by atoms with van der Waals surface area (Å²) in [7, 11) is 0. The largest absolute Gasteiger partial charge is 0.375 e. The zero-order chi connectivity index (χ0) is 12.6. The molecule has 0 saturated heterocycles. The van der Waals surface area contributed by atoms with Crippen LogP contribution in [0.15, 0.2) is 0 Å². The molecule has 0 aromatic heterocycles. The Bertz CT molecular complexity index is 203.